The second-order valence-corrected chi connectivity index (χ2v) is 8.32. The Morgan fingerprint density at radius 1 is 1.46 bits per heavy atom. The van der Waals surface area contributed by atoms with Crippen LogP contribution in [0.2, 0.25) is 0 Å². The summed E-state index contributed by atoms with van der Waals surface area (Å²) in [6.45, 7) is 7.49. The number of esters is 1. The summed E-state index contributed by atoms with van der Waals surface area (Å²) in [7, 11) is -1.91. The molecule has 1 saturated heterocycles. The fourth-order valence-corrected chi connectivity index (χ4v) is 3.62. The molecule has 10 nitrogen and oxygen atoms in total. The number of aromatic amines is 1. The molecule has 0 aliphatic carbocycles. The van der Waals surface area contributed by atoms with Gasteiger partial charge in [-0.3, -0.25) is 19.1 Å². The Labute approximate surface area is 164 Å². The van der Waals surface area contributed by atoms with Crippen molar-refractivity contribution in [3.63, 3.8) is 0 Å². The highest BCUT2D eigenvalue weighted by atomic mass is 31.2. The molecule has 1 aliphatic rings. The van der Waals surface area contributed by atoms with Gasteiger partial charge in [0, 0.05) is 24.2 Å². The lowest BCUT2D eigenvalue weighted by atomic mass is 10.1. The smallest absolute Gasteiger partial charge is 0.330 e. The minimum Gasteiger partial charge on any atom is -0.464 e. The summed E-state index contributed by atoms with van der Waals surface area (Å²) in [4.78, 5) is 46.8. The van der Waals surface area contributed by atoms with Crippen molar-refractivity contribution in [3.8, 4) is 0 Å². The van der Waals surface area contributed by atoms with E-state index in [2.05, 4.69) is 10.1 Å². The Morgan fingerprint density at radius 2 is 2.18 bits per heavy atom. The van der Waals surface area contributed by atoms with Crippen molar-refractivity contribution in [3.05, 3.63) is 33.1 Å². The number of nitrogens with one attached hydrogen (secondary N) is 2. The van der Waals surface area contributed by atoms with Crippen LogP contribution in [-0.2, 0) is 18.8 Å². The zero-order valence-corrected chi connectivity index (χ0v) is 17.3. The summed E-state index contributed by atoms with van der Waals surface area (Å²) in [5.41, 5.74) is -0.987. The van der Waals surface area contributed by atoms with E-state index in [1.807, 2.05) is 6.92 Å². The third kappa shape index (κ3) is 6.49. The molecule has 1 aromatic heterocycles. The maximum atomic E-state index is 11.9. The Bertz CT molecular complexity index is 766. The highest BCUT2D eigenvalue weighted by Crippen LogP contribution is 2.35. The number of H-pyrrole nitrogens is 1. The van der Waals surface area contributed by atoms with Gasteiger partial charge in [-0.05, 0) is 13.3 Å². The van der Waals surface area contributed by atoms with Gasteiger partial charge in [-0.1, -0.05) is 20.8 Å². The number of rotatable bonds is 9. The first kappa shape index (κ1) is 22.7. The summed E-state index contributed by atoms with van der Waals surface area (Å²) in [5.74, 6) is -0.471. The number of carbonyl (C=O) groups excluding carboxylic acids is 1. The molecule has 28 heavy (non-hydrogen) atoms. The molecule has 0 spiro atoms. The summed E-state index contributed by atoms with van der Waals surface area (Å²) < 4.78 is 17.7. The molecule has 1 fully saturated rings. The molecule has 11 heteroatoms. The van der Waals surface area contributed by atoms with Crippen molar-refractivity contribution >= 4 is 14.5 Å². The summed E-state index contributed by atoms with van der Waals surface area (Å²) >= 11 is 0. The fourth-order valence-electron chi connectivity index (χ4n) is 2.78. The first-order chi connectivity index (χ1) is 13.2. The van der Waals surface area contributed by atoms with Crippen LogP contribution in [-0.4, -0.2) is 45.8 Å². The summed E-state index contributed by atoms with van der Waals surface area (Å²) in [6, 6.07) is 1.00. The van der Waals surface area contributed by atoms with Crippen LogP contribution in [0.15, 0.2) is 21.9 Å². The van der Waals surface area contributed by atoms with Crippen LogP contribution in [0.25, 0.3) is 0 Å². The van der Waals surface area contributed by atoms with E-state index in [4.69, 9.17) is 14.0 Å². The number of hydrogen-bond acceptors (Lipinski definition) is 8. The third-order valence-electron chi connectivity index (χ3n) is 4.24. The molecule has 0 saturated carbocycles. The van der Waals surface area contributed by atoms with Crippen LogP contribution < -0.4 is 16.3 Å². The lowest BCUT2D eigenvalue weighted by molar-refractivity contribution is -0.147. The van der Waals surface area contributed by atoms with Crippen LogP contribution in [0.1, 0.15) is 40.3 Å². The first-order valence-electron chi connectivity index (χ1n) is 9.19. The monoisotopic (exact) mass is 417 g/mol. The van der Waals surface area contributed by atoms with Crippen molar-refractivity contribution in [1.82, 2.24) is 14.6 Å². The van der Waals surface area contributed by atoms with Crippen molar-refractivity contribution in [2.24, 2.45) is 11.8 Å². The second kappa shape index (κ2) is 10.3. The molecule has 5 atom stereocenters. The van der Waals surface area contributed by atoms with E-state index >= 15 is 0 Å². The van der Waals surface area contributed by atoms with Gasteiger partial charge < -0.3 is 18.9 Å². The molecule has 0 amide bonds. The first-order valence-corrected chi connectivity index (χ1v) is 10.4. The largest absolute Gasteiger partial charge is 0.464 e. The standard InChI is InChI=1S/C17H28N3O7P/c1-10(2)16(22)25-8-12(4)19-28(24)26-9-13-7-11(3)15(27-13)20-6-5-14(21)18-17(20)23/h5-6,10-13,15,19,24H,7-9H2,1-4H3,(H,18,21,23). The van der Waals surface area contributed by atoms with Gasteiger partial charge in [-0.15, -0.1) is 0 Å². The van der Waals surface area contributed by atoms with E-state index in [1.165, 1.54) is 16.8 Å². The molecule has 0 radical (unpaired) electrons. The zero-order valence-electron chi connectivity index (χ0n) is 16.5. The zero-order chi connectivity index (χ0) is 20.8. The number of ether oxygens (including phenoxy) is 2. The topological polar surface area (TPSA) is 132 Å². The average Bonchev–Trinajstić information content (AvgIpc) is 2.98. The van der Waals surface area contributed by atoms with Crippen LogP contribution >= 0.6 is 8.53 Å². The van der Waals surface area contributed by atoms with Gasteiger partial charge in [0.05, 0.1) is 18.6 Å². The van der Waals surface area contributed by atoms with Crippen LogP contribution in [0, 0.1) is 11.8 Å². The van der Waals surface area contributed by atoms with Gasteiger partial charge in [-0.25, -0.2) is 9.88 Å². The Balaban J connectivity index is 1.78. The van der Waals surface area contributed by atoms with Gasteiger partial charge in [0.25, 0.3) is 14.1 Å². The predicted octanol–water partition coefficient (Wildman–Crippen LogP) is 0.873. The summed E-state index contributed by atoms with van der Waals surface area (Å²) in [5, 5.41) is 2.84. The second-order valence-electron chi connectivity index (χ2n) is 7.26. The van der Waals surface area contributed by atoms with Crippen molar-refractivity contribution in [2.75, 3.05) is 13.2 Å². The molecule has 158 valence electrons. The molecule has 3 N–H and O–H groups in total. The third-order valence-corrected chi connectivity index (χ3v) is 5.29. The number of carbonyl (C=O) groups is 1. The van der Waals surface area contributed by atoms with Crippen molar-refractivity contribution < 1.29 is 23.7 Å². The molecule has 1 aliphatic heterocycles. The maximum Gasteiger partial charge on any atom is 0.330 e. The molecule has 5 unspecified atom stereocenters. The molecular formula is C17H28N3O7P. The minimum absolute atomic E-state index is 0.0319. The molecule has 2 rings (SSSR count). The van der Waals surface area contributed by atoms with Gasteiger partial charge in [-0.2, -0.15) is 0 Å². The number of hydrogen-bond donors (Lipinski definition) is 3. The molecule has 2 heterocycles. The lowest BCUT2D eigenvalue weighted by Crippen LogP contribution is -2.33. The van der Waals surface area contributed by atoms with Gasteiger partial charge >= 0.3 is 11.7 Å². The van der Waals surface area contributed by atoms with Crippen molar-refractivity contribution in [2.45, 2.75) is 52.5 Å². The normalized spacial score (nSPS) is 24.3. The Morgan fingerprint density at radius 3 is 2.82 bits per heavy atom. The lowest BCUT2D eigenvalue weighted by Gasteiger charge is -2.20. The van der Waals surface area contributed by atoms with Crippen LogP contribution in [0.3, 0.4) is 0 Å². The highest BCUT2D eigenvalue weighted by Gasteiger charge is 2.34. The van der Waals surface area contributed by atoms with Gasteiger partial charge in [0.2, 0.25) is 0 Å². The van der Waals surface area contributed by atoms with Crippen LogP contribution in [0.5, 0.6) is 0 Å². The number of aromatic nitrogens is 2. The quantitative estimate of drug-likeness (QED) is 0.398. The van der Waals surface area contributed by atoms with Crippen molar-refractivity contribution in [1.29, 1.82) is 0 Å². The SMILES string of the molecule is CC(COC(=O)C(C)C)NP(O)OCC1CC(C)C(n2ccc(=O)[nH]c2=O)O1. The maximum absolute atomic E-state index is 11.9. The van der Waals surface area contributed by atoms with E-state index < -0.39 is 26.0 Å². The highest BCUT2D eigenvalue weighted by molar-refractivity contribution is 7.43. The van der Waals surface area contributed by atoms with E-state index in [-0.39, 0.29) is 43.2 Å². The molecule has 0 aromatic carbocycles. The molecule has 1 aromatic rings. The minimum atomic E-state index is -1.91. The van der Waals surface area contributed by atoms with Crippen LogP contribution in [0.4, 0.5) is 0 Å². The van der Waals surface area contributed by atoms with E-state index in [9.17, 15) is 19.3 Å². The van der Waals surface area contributed by atoms with Gasteiger partial charge in [0.15, 0.2) is 0 Å². The Hall–Kier alpha value is -1.58. The molecule has 0 bridgehead atoms. The summed E-state index contributed by atoms with van der Waals surface area (Å²) in [6.07, 6.45) is 1.24. The average molecular weight is 417 g/mol. The van der Waals surface area contributed by atoms with E-state index in [0.717, 1.165) is 0 Å². The van der Waals surface area contributed by atoms with E-state index in [1.54, 1.807) is 20.8 Å². The number of nitrogens with zero attached hydrogens (tertiary/aromatic N) is 1. The fraction of sp³-hybridized carbons (Fsp3) is 0.706. The predicted molar refractivity (Wildman–Crippen MR) is 102 cm³/mol. The van der Waals surface area contributed by atoms with Gasteiger partial charge in [0.1, 0.15) is 12.8 Å². The van der Waals surface area contributed by atoms with E-state index in [0.29, 0.717) is 6.42 Å². The Kier molecular flexibility index (Phi) is 8.33. The molecular weight excluding hydrogens is 389 g/mol.